The molecule has 0 aliphatic heterocycles. The molecule has 0 unspecified atom stereocenters. The zero-order valence-electron chi connectivity index (χ0n) is 24.7. The number of aryl methyl sites for hydroxylation is 1. The van der Waals surface area contributed by atoms with E-state index in [-0.39, 0.29) is 5.92 Å². The molecule has 2 heteroatoms. The van der Waals surface area contributed by atoms with Crippen LogP contribution in [0.3, 0.4) is 0 Å². The SMILES string of the molecule is CCCC1CCC(/C=C/CCC2CCC(CCc3ccc(C4CCC(CCC)CC4)c(F)c3F)CC2)CC1. The molecule has 214 valence electrons. The lowest BCUT2D eigenvalue weighted by Crippen LogP contribution is -2.16. The zero-order chi connectivity index (χ0) is 26.7. The second kappa shape index (κ2) is 15.6. The topological polar surface area (TPSA) is 0 Å². The summed E-state index contributed by atoms with van der Waals surface area (Å²) in [5, 5.41) is 0. The molecule has 0 radical (unpaired) electrons. The Balaban J connectivity index is 1.13. The molecule has 0 aromatic heterocycles. The molecule has 1 aromatic carbocycles. The fourth-order valence-electron chi connectivity index (χ4n) is 8.15. The highest BCUT2D eigenvalue weighted by atomic mass is 19.2. The third kappa shape index (κ3) is 8.66. The van der Waals surface area contributed by atoms with Gasteiger partial charge in [-0.25, -0.2) is 8.78 Å². The van der Waals surface area contributed by atoms with Gasteiger partial charge >= 0.3 is 0 Å². The van der Waals surface area contributed by atoms with Gasteiger partial charge in [-0.15, -0.1) is 0 Å². The molecule has 3 aliphatic rings. The van der Waals surface area contributed by atoms with E-state index in [9.17, 15) is 0 Å². The summed E-state index contributed by atoms with van der Waals surface area (Å²) in [6.45, 7) is 4.56. The Morgan fingerprint density at radius 3 is 1.76 bits per heavy atom. The molecule has 0 N–H and O–H groups in total. The van der Waals surface area contributed by atoms with Crippen LogP contribution in [0, 0.1) is 41.2 Å². The van der Waals surface area contributed by atoms with Crippen LogP contribution in [0.1, 0.15) is 153 Å². The van der Waals surface area contributed by atoms with Crippen LogP contribution in [0.25, 0.3) is 0 Å². The molecular weight excluding hydrogens is 470 g/mol. The lowest BCUT2D eigenvalue weighted by Gasteiger charge is -2.29. The van der Waals surface area contributed by atoms with Crippen molar-refractivity contribution in [3.05, 3.63) is 47.0 Å². The fourth-order valence-corrected chi connectivity index (χ4v) is 8.15. The van der Waals surface area contributed by atoms with Gasteiger partial charge in [-0.3, -0.25) is 0 Å². The Morgan fingerprint density at radius 2 is 1.16 bits per heavy atom. The maximum atomic E-state index is 15.0. The number of allylic oxidation sites excluding steroid dienone is 2. The lowest BCUT2D eigenvalue weighted by molar-refractivity contribution is 0.253. The number of rotatable bonds is 12. The Hall–Kier alpha value is -1.18. The van der Waals surface area contributed by atoms with Gasteiger partial charge in [0.25, 0.3) is 0 Å². The Bertz CT molecular complexity index is 833. The first-order chi connectivity index (χ1) is 18.6. The van der Waals surface area contributed by atoms with Crippen LogP contribution in [0.5, 0.6) is 0 Å². The predicted molar refractivity (Wildman–Crippen MR) is 158 cm³/mol. The first kappa shape index (κ1) is 29.8. The van der Waals surface area contributed by atoms with Crippen molar-refractivity contribution in [3.63, 3.8) is 0 Å². The molecule has 0 atom stereocenters. The number of hydrogen-bond donors (Lipinski definition) is 0. The maximum absolute atomic E-state index is 15.0. The van der Waals surface area contributed by atoms with E-state index in [1.807, 2.05) is 12.1 Å². The number of halogens is 2. The van der Waals surface area contributed by atoms with Gasteiger partial charge in [0.1, 0.15) is 0 Å². The summed E-state index contributed by atoms with van der Waals surface area (Å²) >= 11 is 0. The van der Waals surface area contributed by atoms with Crippen molar-refractivity contribution < 1.29 is 8.78 Å². The number of benzene rings is 1. The van der Waals surface area contributed by atoms with Crippen LogP contribution in [-0.2, 0) is 6.42 Å². The Kier molecular flexibility index (Phi) is 12.2. The summed E-state index contributed by atoms with van der Waals surface area (Å²) in [6, 6.07) is 3.82. The molecule has 0 amide bonds. The second-order valence-corrected chi connectivity index (χ2v) is 13.4. The number of hydrogen-bond acceptors (Lipinski definition) is 0. The highest BCUT2D eigenvalue weighted by Gasteiger charge is 2.27. The van der Waals surface area contributed by atoms with Crippen molar-refractivity contribution in [3.8, 4) is 0 Å². The van der Waals surface area contributed by atoms with E-state index in [0.29, 0.717) is 23.5 Å². The van der Waals surface area contributed by atoms with Gasteiger partial charge in [0.2, 0.25) is 0 Å². The minimum absolute atomic E-state index is 0.206. The second-order valence-electron chi connectivity index (χ2n) is 13.4. The van der Waals surface area contributed by atoms with E-state index in [2.05, 4.69) is 26.0 Å². The molecule has 38 heavy (non-hydrogen) atoms. The summed E-state index contributed by atoms with van der Waals surface area (Å²) in [5.41, 5.74) is 1.24. The Morgan fingerprint density at radius 1 is 0.632 bits per heavy atom. The van der Waals surface area contributed by atoms with Crippen molar-refractivity contribution in [2.75, 3.05) is 0 Å². The summed E-state index contributed by atoms with van der Waals surface area (Å²) < 4.78 is 30.1. The molecule has 0 heterocycles. The van der Waals surface area contributed by atoms with E-state index in [1.165, 1.54) is 103 Å². The van der Waals surface area contributed by atoms with Crippen molar-refractivity contribution in [1.29, 1.82) is 0 Å². The van der Waals surface area contributed by atoms with E-state index >= 15 is 8.78 Å². The fraction of sp³-hybridized carbons (Fsp3) is 0.778. The van der Waals surface area contributed by atoms with Crippen molar-refractivity contribution in [2.24, 2.45) is 29.6 Å². The normalized spacial score (nSPS) is 30.6. The van der Waals surface area contributed by atoms with E-state index in [4.69, 9.17) is 0 Å². The summed E-state index contributed by atoms with van der Waals surface area (Å²) in [7, 11) is 0. The summed E-state index contributed by atoms with van der Waals surface area (Å²) in [5.74, 6) is 3.25. The third-order valence-corrected chi connectivity index (χ3v) is 10.7. The lowest BCUT2D eigenvalue weighted by atomic mass is 9.76. The van der Waals surface area contributed by atoms with Crippen LogP contribution >= 0.6 is 0 Å². The zero-order valence-corrected chi connectivity index (χ0v) is 24.7. The van der Waals surface area contributed by atoms with E-state index in [0.717, 1.165) is 42.9 Å². The first-order valence-corrected chi connectivity index (χ1v) is 16.7. The molecule has 1 aromatic rings. The van der Waals surface area contributed by atoms with Crippen molar-refractivity contribution in [2.45, 2.75) is 148 Å². The molecule has 0 saturated heterocycles. The van der Waals surface area contributed by atoms with Gasteiger partial charge in [-0.1, -0.05) is 89.5 Å². The summed E-state index contributed by atoms with van der Waals surface area (Å²) in [6.07, 6.45) is 29.7. The smallest absolute Gasteiger partial charge is 0.162 e. The predicted octanol–water partition coefficient (Wildman–Crippen LogP) is 11.7. The van der Waals surface area contributed by atoms with Crippen LogP contribution in [-0.4, -0.2) is 0 Å². The molecule has 0 spiro atoms. The standard InChI is InChI=1S/C36H56F2/c1-3-7-27-11-13-29(14-12-27)9-5-6-10-30-15-17-31(18-16-30)21-24-33-25-26-34(36(38)35(33)37)32-22-19-28(8-4-2)20-23-32/h5,9,25-32H,3-4,6-8,10-24H2,1-2H3/b9-5+. The van der Waals surface area contributed by atoms with Crippen LogP contribution in [0.4, 0.5) is 8.78 Å². The molecule has 3 fully saturated rings. The van der Waals surface area contributed by atoms with Gasteiger partial charge in [-0.05, 0) is 124 Å². The van der Waals surface area contributed by atoms with Crippen LogP contribution < -0.4 is 0 Å². The quantitative estimate of drug-likeness (QED) is 0.238. The van der Waals surface area contributed by atoms with Gasteiger partial charge in [-0.2, -0.15) is 0 Å². The van der Waals surface area contributed by atoms with Crippen LogP contribution in [0.15, 0.2) is 24.3 Å². The monoisotopic (exact) mass is 526 g/mol. The van der Waals surface area contributed by atoms with Crippen molar-refractivity contribution >= 4 is 0 Å². The molecule has 3 saturated carbocycles. The highest BCUT2D eigenvalue weighted by Crippen LogP contribution is 2.40. The van der Waals surface area contributed by atoms with E-state index < -0.39 is 11.6 Å². The van der Waals surface area contributed by atoms with Crippen LogP contribution in [0.2, 0.25) is 0 Å². The van der Waals surface area contributed by atoms with Gasteiger partial charge in [0, 0.05) is 0 Å². The molecule has 3 aliphatic carbocycles. The van der Waals surface area contributed by atoms with Gasteiger partial charge in [0.05, 0.1) is 0 Å². The molecule has 0 bridgehead atoms. The minimum Gasteiger partial charge on any atom is -0.203 e. The average molecular weight is 527 g/mol. The first-order valence-electron chi connectivity index (χ1n) is 16.7. The molecule has 4 rings (SSSR count). The largest absolute Gasteiger partial charge is 0.203 e. The average Bonchev–Trinajstić information content (AvgIpc) is 2.94. The minimum atomic E-state index is -0.558. The third-order valence-electron chi connectivity index (χ3n) is 10.7. The van der Waals surface area contributed by atoms with Gasteiger partial charge in [0.15, 0.2) is 11.6 Å². The van der Waals surface area contributed by atoms with Gasteiger partial charge < -0.3 is 0 Å². The van der Waals surface area contributed by atoms with E-state index in [1.54, 1.807) is 0 Å². The Labute approximate surface area is 233 Å². The molecule has 0 nitrogen and oxygen atoms in total. The molecular formula is C36H56F2. The van der Waals surface area contributed by atoms with Crippen molar-refractivity contribution in [1.82, 2.24) is 0 Å². The summed E-state index contributed by atoms with van der Waals surface area (Å²) in [4.78, 5) is 0. The highest BCUT2D eigenvalue weighted by molar-refractivity contribution is 5.29. The maximum Gasteiger partial charge on any atom is 0.162 e.